The molecule has 0 saturated carbocycles. The number of aliphatic hydroxyl groups is 1. The third-order valence-electron chi connectivity index (χ3n) is 6.08. The minimum absolute atomic E-state index is 0.260. The Kier molecular flexibility index (Phi) is 7.01. The van der Waals surface area contributed by atoms with Crippen molar-refractivity contribution in [3.8, 4) is 11.5 Å². The fraction of sp³-hybridized carbons (Fsp3) is 0.240. The van der Waals surface area contributed by atoms with Gasteiger partial charge in [-0.05, 0) is 64.8 Å². The standard InChI is InChI=1S/C25H24BrN7O4/c1-15-9-16(4-5-21(15)37-18-3-2-6-27-11-18)30-23-22-20(28-14-29-23)10-19(26)24(31-22)32-7-8-33(25(35)36)17(12-32)13-34/h2-6,9-11,14,17,34H,7-8,12-13H2,1H3,(H,35,36)(H,28,29,30)/t17-/m0/s1. The molecule has 1 aliphatic rings. The molecule has 11 nitrogen and oxygen atoms in total. The zero-order valence-corrected chi connectivity index (χ0v) is 21.5. The van der Waals surface area contributed by atoms with Crippen LogP contribution in [-0.4, -0.2) is 73.4 Å². The van der Waals surface area contributed by atoms with Crippen molar-refractivity contribution in [3.63, 3.8) is 0 Å². The SMILES string of the molecule is Cc1cc(Nc2ncnc3cc(Br)c(N4CCN(C(=O)O)[C@H](CO)C4)nc23)ccc1Oc1cccnc1. The smallest absolute Gasteiger partial charge is 0.407 e. The molecule has 0 aliphatic carbocycles. The van der Waals surface area contributed by atoms with E-state index < -0.39 is 12.1 Å². The normalized spacial score (nSPS) is 15.6. The Morgan fingerprint density at radius 1 is 1.24 bits per heavy atom. The van der Waals surface area contributed by atoms with Gasteiger partial charge in [0.15, 0.2) is 5.82 Å². The quantitative estimate of drug-likeness (QED) is 0.312. The molecule has 0 spiro atoms. The van der Waals surface area contributed by atoms with Crippen molar-refractivity contribution in [2.45, 2.75) is 13.0 Å². The second-order valence-corrected chi connectivity index (χ2v) is 9.39. The largest absolute Gasteiger partial charge is 0.465 e. The predicted octanol–water partition coefficient (Wildman–Crippen LogP) is 4.19. The minimum atomic E-state index is -1.05. The Bertz CT molecular complexity index is 1440. The van der Waals surface area contributed by atoms with Crippen LogP contribution in [0.2, 0.25) is 0 Å². The van der Waals surface area contributed by atoms with Crippen molar-refractivity contribution >= 4 is 50.4 Å². The molecule has 0 radical (unpaired) electrons. The van der Waals surface area contributed by atoms with Crippen LogP contribution < -0.4 is 15.0 Å². The Balaban J connectivity index is 1.42. The number of carbonyl (C=O) groups is 1. The molecular weight excluding hydrogens is 542 g/mol. The summed E-state index contributed by atoms with van der Waals surface area (Å²) in [5.41, 5.74) is 2.94. The van der Waals surface area contributed by atoms with Gasteiger partial charge in [0.2, 0.25) is 0 Å². The van der Waals surface area contributed by atoms with Crippen molar-refractivity contribution < 1.29 is 19.7 Å². The average molecular weight is 566 g/mol. The highest BCUT2D eigenvalue weighted by Gasteiger charge is 2.31. The topological polar surface area (TPSA) is 137 Å². The van der Waals surface area contributed by atoms with E-state index in [2.05, 4.69) is 36.2 Å². The molecule has 1 fully saturated rings. The molecule has 1 saturated heterocycles. The van der Waals surface area contributed by atoms with Crippen LogP contribution in [-0.2, 0) is 0 Å². The van der Waals surface area contributed by atoms with Gasteiger partial charge >= 0.3 is 6.09 Å². The summed E-state index contributed by atoms with van der Waals surface area (Å²) >= 11 is 3.58. The predicted molar refractivity (Wildman–Crippen MR) is 142 cm³/mol. The maximum atomic E-state index is 11.5. The van der Waals surface area contributed by atoms with Crippen molar-refractivity contribution in [1.82, 2.24) is 24.8 Å². The number of rotatable bonds is 6. The molecule has 12 heteroatoms. The Hall–Kier alpha value is -4.03. The van der Waals surface area contributed by atoms with Crippen LogP contribution >= 0.6 is 15.9 Å². The van der Waals surface area contributed by atoms with Gasteiger partial charge in [-0.1, -0.05) is 0 Å². The summed E-state index contributed by atoms with van der Waals surface area (Å²) in [4.78, 5) is 32.4. The fourth-order valence-corrected chi connectivity index (χ4v) is 4.79. The van der Waals surface area contributed by atoms with Gasteiger partial charge < -0.3 is 25.2 Å². The highest BCUT2D eigenvalue weighted by atomic mass is 79.9. The van der Waals surface area contributed by atoms with Crippen LogP contribution in [0.4, 0.5) is 22.1 Å². The molecule has 4 heterocycles. The average Bonchev–Trinajstić information content (AvgIpc) is 2.90. The molecule has 1 atom stereocenters. The lowest BCUT2D eigenvalue weighted by molar-refractivity contribution is 0.0909. The number of anilines is 3. The number of hydrogen-bond acceptors (Lipinski definition) is 9. The summed E-state index contributed by atoms with van der Waals surface area (Å²) in [6.45, 7) is 2.69. The van der Waals surface area contributed by atoms with Crippen LogP contribution in [0.15, 0.2) is 59.6 Å². The number of benzene rings is 1. The molecular formula is C25H24BrN7O4. The minimum Gasteiger partial charge on any atom is -0.465 e. The van der Waals surface area contributed by atoms with E-state index in [4.69, 9.17) is 9.72 Å². The van der Waals surface area contributed by atoms with Gasteiger partial charge in [-0.2, -0.15) is 0 Å². The number of fused-ring (bicyclic) bond motifs is 1. The van der Waals surface area contributed by atoms with Gasteiger partial charge in [-0.15, -0.1) is 0 Å². The zero-order chi connectivity index (χ0) is 25.9. The number of pyridine rings is 2. The molecule has 1 aliphatic heterocycles. The third kappa shape index (κ3) is 5.25. The van der Waals surface area contributed by atoms with Crippen LogP contribution in [0.25, 0.3) is 11.0 Å². The molecule has 3 aromatic heterocycles. The van der Waals surface area contributed by atoms with E-state index >= 15 is 0 Å². The molecule has 1 amide bonds. The summed E-state index contributed by atoms with van der Waals surface area (Å²) in [6, 6.07) is 10.7. The van der Waals surface area contributed by atoms with Gasteiger partial charge in [0.1, 0.15) is 29.2 Å². The number of aryl methyl sites for hydroxylation is 1. The van der Waals surface area contributed by atoms with Crippen molar-refractivity contribution in [2.75, 3.05) is 36.5 Å². The van der Waals surface area contributed by atoms with Crippen LogP contribution in [0.3, 0.4) is 0 Å². The number of ether oxygens (including phenoxy) is 1. The lowest BCUT2D eigenvalue weighted by Gasteiger charge is -2.40. The van der Waals surface area contributed by atoms with Gasteiger partial charge in [-0.3, -0.25) is 9.88 Å². The fourth-order valence-electron chi connectivity index (χ4n) is 4.23. The summed E-state index contributed by atoms with van der Waals surface area (Å²) in [5.74, 6) is 2.53. The van der Waals surface area contributed by atoms with Crippen molar-refractivity contribution in [3.05, 3.63) is 65.2 Å². The van der Waals surface area contributed by atoms with E-state index in [1.807, 2.05) is 48.2 Å². The molecule has 3 N–H and O–H groups in total. The molecule has 190 valence electrons. The van der Waals surface area contributed by atoms with Crippen molar-refractivity contribution in [1.29, 1.82) is 0 Å². The monoisotopic (exact) mass is 565 g/mol. The molecule has 1 aromatic carbocycles. The van der Waals surface area contributed by atoms with Crippen LogP contribution in [0.5, 0.6) is 11.5 Å². The number of halogens is 1. The maximum Gasteiger partial charge on any atom is 0.407 e. The summed E-state index contributed by atoms with van der Waals surface area (Å²) in [6.07, 6.45) is 3.77. The van der Waals surface area contributed by atoms with E-state index in [1.165, 1.54) is 11.2 Å². The van der Waals surface area contributed by atoms with E-state index in [9.17, 15) is 15.0 Å². The number of aliphatic hydroxyl groups excluding tert-OH is 1. The third-order valence-corrected chi connectivity index (χ3v) is 6.67. The first-order chi connectivity index (χ1) is 17.9. The summed E-state index contributed by atoms with van der Waals surface area (Å²) in [7, 11) is 0. The summed E-state index contributed by atoms with van der Waals surface area (Å²) < 4.78 is 6.64. The van der Waals surface area contributed by atoms with E-state index in [-0.39, 0.29) is 13.2 Å². The van der Waals surface area contributed by atoms with Crippen molar-refractivity contribution in [2.24, 2.45) is 0 Å². The zero-order valence-electron chi connectivity index (χ0n) is 19.9. The number of carboxylic acid groups (broad SMARTS) is 1. The Morgan fingerprint density at radius 3 is 2.84 bits per heavy atom. The first-order valence-corrected chi connectivity index (χ1v) is 12.3. The van der Waals surface area contributed by atoms with Gasteiger partial charge in [0, 0.05) is 31.5 Å². The number of aromatic nitrogens is 4. The van der Waals surface area contributed by atoms with Gasteiger partial charge in [0.25, 0.3) is 0 Å². The Morgan fingerprint density at radius 2 is 2.11 bits per heavy atom. The number of hydrogen-bond donors (Lipinski definition) is 3. The number of amides is 1. The first kappa shape index (κ1) is 24.7. The Labute approximate surface area is 220 Å². The summed E-state index contributed by atoms with van der Waals surface area (Å²) in [5, 5.41) is 22.5. The van der Waals surface area contributed by atoms with Crippen LogP contribution in [0, 0.1) is 6.92 Å². The maximum absolute atomic E-state index is 11.5. The molecule has 0 bridgehead atoms. The first-order valence-electron chi connectivity index (χ1n) is 11.5. The lowest BCUT2D eigenvalue weighted by Crippen LogP contribution is -2.56. The van der Waals surface area contributed by atoms with Crippen LogP contribution in [0.1, 0.15) is 5.56 Å². The molecule has 5 rings (SSSR count). The second-order valence-electron chi connectivity index (χ2n) is 8.54. The van der Waals surface area contributed by atoms with E-state index in [0.29, 0.717) is 41.5 Å². The highest BCUT2D eigenvalue weighted by Crippen LogP contribution is 2.33. The molecule has 0 unspecified atom stereocenters. The number of nitrogens with one attached hydrogen (secondary N) is 1. The second kappa shape index (κ2) is 10.5. The highest BCUT2D eigenvalue weighted by molar-refractivity contribution is 9.10. The van der Waals surface area contributed by atoms with Gasteiger partial charge in [0.05, 0.1) is 28.8 Å². The number of nitrogens with zero attached hydrogens (tertiary/aromatic N) is 6. The molecule has 4 aromatic rings. The molecule has 37 heavy (non-hydrogen) atoms. The van der Waals surface area contributed by atoms with E-state index in [0.717, 1.165) is 21.5 Å². The van der Waals surface area contributed by atoms with E-state index in [1.54, 1.807) is 12.4 Å². The lowest BCUT2D eigenvalue weighted by atomic mass is 10.2. The number of piperazine rings is 1. The van der Waals surface area contributed by atoms with Gasteiger partial charge in [-0.25, -0.2) is 19.7 Å².